The van der Waals surface area contributed by atoms with E-state index >= 15 is 0 Å². The van der Waals surface area contributed by atoms with Crippen molar-refractivity contribution < 1.29 is 27.8 Å². The molecule has 1 aromatic carbocycles. The van der Waals surface area contributed by atoms with E-state index in [0.717, 1.165) is 25.7 Å². The molecular weight excluding hydrogens is 446 g/mol. The van der Waals surface area contributed by atoms with E-state index in [9.17, 15) is 13.6 Å². The van der Waals surface area contributed by atoms with Crippen molar-refractivity contribution in [3.63, 3.8) is 0 Å². The molecule has 1 unspecified atom stereocenters. The smallest absolute Gasteiger partial charge is 0.387 e. The van der Waals surface area contributed by atoms with Crippen molar-refractivity contribution in [3.8, 4) is 28.5 Å². The van der Waals surface area contributed by atoms with Crippen LogP contribution < -0.4 is 25.3 Å². The Labute approximate surface area is 195 Å². The third-order valence-corrected chi connectivity index (χ3v) is 6.09. The van der Waals surface area contributed by atoms with Gasteiger partial charge >= 0.3 is 6.61 Å². The molecule has 2 heterocycles. The molecular formula is C24H26F2N4O4. The van der Waals surface area contributed by atoms with Crippen LogP contribution in [0.1, 0.15) is 36.0 Å². The first-order valence-corrected chi connectivity index (χ1v) is 11.3. The SMILES string of the molecule is COc1cc(-c2cnc3cc(OCC(N)C4CC4)ccn23)cc(OC(F)F)c1C(=O)NC1CC1. The molecule has 3 N–H and O–H groups in total. The van der Waals surface area contributed by atoms with Crippen LogP contribution in [0.25, 0.3) is 16.9 Å². The number of carbonyl (C=O) groups is 1. The van der Waals surface area contributed by atoms with Crippen LogP contribution in [0, 0.1) is 5.92 Å². The minimum Gasteiger partial charge on any atom is -0.496 e. The summed E-state index contributed by atoms with van der Waals surface area (Å²) in [5.41, 5.74) is 7.78. The fraction of sp³-hybridized carbons (Fsp3) is 0.417. The van der Waals surface area contributed by atoms with E-state index in [-0.39, 0.29) is 29.1 Å². The van der Waals surface area contributed by atoms with Gasteiger partial charge in [0.15, 0.2) is 0 Å². The van der Waals surface area contributed by atoms with Crippen molar-refractivity contribution in [2.45, 2.75) is 44.4 Å². The predicted octanol–water partition coefficient (Wildman–Crippen LogP) is 3.62. The van der Waals surface area contributed by atoms with Gasteiger partial charge in [-0.3, -0.25) is 9.20 Å². The number of aromatic nitrogens is 2. The van der Waals surface area contributed by atoms with E-state index in [1.807, 2.05) is 0 Å². The lowest BCUT2D eigenvalue weighted by Gasteiger charge is -2.16. The average Bonchev–Trinajstić information content (AvgIpc) is 3.74. The first kappa shape index (κ1) is 22.4. The first-order chi connectivity index (χ1) is 16.4. The first-order valence-electron chi connectivity index (χ1n) is 11.3. The van der Waals surface area contributed by atoms with Crippen LogP contribution in [0.2, 0.25) is 0 Å². The molecule has 10 heteroatoms. The van der Waals surface area contributed by atoms with Crippen LogP contribution in [0.15, 0.2) is 36.7 Å². The van der Waals surface area contributed by atoms with Crippen molar-refractivity contribution in [2.24, 2.45) is 11.7 Å². The molecule has 2 fully saturated rings. The van der Waals surface area contributed by atoms with Crippen LogP contribution >= 0.6 is 0 Å². The Hall–Kier alpha value is -3.40. The lowest BCUT2D eigenvalue weighted by Crippen LogP contribution is -2.29. The highest BCUT2D eigenvalue weighted by molar-refractivity contribution is 6.01. The Morgan fingerprint density at radius 3 is 2.68 bits per heavy atom. The molecule has 0 saturated heterocycles. The van der Waals surface area contributed by atoms with Crippen LogP contribution in [0.3, 0.4) is 0 Å². The normalized spacial score (nSPS) is 16.5. The number of benzene rings is 1. The summed E-state index contributed by atoms with van der Waals surface area (Å²) in [6, 6.07) is 6.66. The molecule has 34 heavy (non-hydrogen) atoms. The molecule has 2 aromatic heterocycles. The largest absolute Gasteiger partial charge is 0.496 e. The van der Waals surface area contributed by atoms with Crippen LogP contribution in [0.5, 0.6) is 17.2 Å². The van der Waals surface area contributed by atoms with Gasteiger partial charge in [0.05, 0.1) is 19.0 Å². The van der Waals surface area contributed by atoms with Crippen molar-refractivity contribution in [2.75, 3.05) is 13.7 Å². The van der Waals surface area contributed by atoms with E-state index in [2.05, 4.69) is 10.3 Å². The lowest BCUT2D eigenvalue weighted by atomic mass is 10.1. The third kappa shape index (κ3) is 4.77. The summed E-state index contributed by atoms with van der Waals surface area (Å²) in [6.07, 6.45) is 7.40. The Kier molecular flexibility index (Phi) is 5.99. The Morgan fingerprint density at radius 2 is 2.00 bits per heavy atom. The maximum Gasteiger partial charge on any atom is 0.387 e. The minimum atomic E-state index is -3.10. The molecule has 180 valence electrons. The number of nitrogens with two attached hydrogens (primary N) is 1. The number of ether oxygens (including phenoxy) is 3. The number of alkyl halides is 2. The molecule has 2 saturated carbocycles. The number of amides is 1. The van der Waals surface area contributed by atoms with Crippen molar-refractivity contribution in [1.82, 2.24) is 14.7 Å². The zero-order valence-corrected chi connectivity index (χ0v) is 18.7. The van der Waals surface area contributed by atoms with Gasteiger partial charge in [0.25, 0.3) is 5.91 Å². The maximum absolute atomic E-state index is 13.2. The molecule has 0 bridgehead atoms. The summed E-state index contributed by atoms with van der Waals surface area (Å²) in [5, 5.41) is 2.79. The molecule has 1 atom stereocenters. The minimum absolute atomic E-state index is 0.0166. The van der Waals surface area contributed by atoms with Gasteiger partial charge in [-0.1, -0.05) is 0 Å². The summed E-state index contributed by atoms with van der Waals surface area (Å²) in [6.45, 7) is -2.67. The summed E-state index contributed by atoms with van der Waals surface area (Å²) < 4.78 is 44.1. The average molecular weight is 472 g/mol. The zero-order valence-electron chi connectivity index (χ0n) is 18.7. The molecule has 0 aliphatic heterocycles. The Morgan fingerprint density at radius 1 is 1.24 bits per heavy atom. The molecule has 8 nitrogen and oxygen atoms in total. The molecule has 2 aliphatic rings. The maximum atomic E-state index is 13.2. The number of fused-ring (bicyclic) bond motifs is 1. The number of rotatable bonds is 10. The van der Waals surface area contributed by atoms with Gasteiger partial charge in [-0.15, -0.1) is 0 Å². The van der Waals surface area contributed by atoms with Gasteiger partial charge in [-0.2, -0.15) is 8.78 Å². The van der Waals surface area contributed by atoms with Gasteiger partial charge in [0, 0.05) is 29.9 Å². The van der Waals surface area contributed by atoms with E-state index in [4.69, 9.17) is 19.9 Å². The number of carbonyl (C=O) groups excluding carboxylic acids is 1. The highest BCUT2D eigenvalue weighted by Gasteiger charge is 2.30. The second kappa shape index (κ2) is 9.09. The number of methoxy groups -OCH3 is 1. The van der Waals surface area contributed by atoms with Crippen LogP contribution in [0.4, 0.5) is 8.78 Å². The number of imidazole rings is 1. The molecule has 0 radical (unpaired) electrons. The molecule has 0 spiro atoms. The standard InChI is InChI=1S/C24H26F2N4O4/c1-32-19-8-14(9-20(34-24(25)26)22(19)23(31)29-15-4-5-15)18-11-28-21-10-16(6-7-30(18)21)33-12-17(27)13-2-3-13/h6-11,13,15,17,24H,2-5,12,27H2,1H3,(H,29,31). The Bertz CT molecular complexity index is 1210. The fourth-order valence-corrected chi connectivity index (χ4v) is 3.91. The predicted molar refractivity (Wildman–Crippen MR) is 120 cm³/mol. The zero-order chi connectivity index (χ0) is 23.8. The van der Waals surface area contributed by atoms with Gasteiger partial charge in [0.2, 0.25) is 0 Å². The monoisotopic (exact) mass is 472 g/mol. The topological polar surface area (TPSA) is 100 Å². The van der Waals surface area contributed by atoms with Gasteiger partial charge in [-0.25, -0.2) is 4.98 Å². The van der Waals surface area contributed by atoms with Crippen molar-refractivity contribution >= 4 is 11.6 Å². The Balaban J connectivity index is 1.46. The van der Waals surface area contributed by atoms with Crippen LogP contribution in [-0.4, -0.2) is 47.7 Å². The number of pyridine rings is 1. The summed E-state index contributed by atoms with van der Waals surface area (Å²) >= 11 is 0. The second-order valence-electron chi connectivity index (χ2n) is 8.72. The number of halogens is 2. The number of nitrogens with zero attached hydrogens (tertiary/aromatic N) is 2. The number of hydrogen-bond acceptors (Lipinski definition) is 6. The highest BCUT2D eigenvalue weighted by Crippen LogP contribution is 2.37. The fourth-order valence-electron chi connectivity index (χ4n) is 3.91. The van der Waals surface area contributed by atoms with Crippen molar-refractivity contribution in [3.05, 3.63) is 42.2 Å². The van der Waals surface area contributed by atoms with E-state index in [1.165, 1.54) is 13.2 Å². The molecule has 1 amide bonds. The van der Waals surface area contributed by atoms with E-state index < -0.39 is 12.5 Å². The summed E-state index contributed by atoms with van der Waals surface area (Å²) in [4.78, 5) is 17.1. The quantitative estimate of drug-likeness (QED) is 0.468. The van der Waals surface area contributed by atoms with Gasteiger partial charge in [-0.05, 0) is 49.8 Å². The van der Waals surface area contributed by atoms with Gasteiger partial charge in [0.1, 0.15) is 35.1 Å². The van der Waals surface area contributed by atoms with Crippen LogP contribution in [-0.2, 0) is 0 Å². The summed E-state index contributed by atoms with van der Waals surface area (Å²) in [7, 11) is 1.38. The van der Waals surface area contributed by atoms with Gasteiger partial charge < -0.3 is 25.3 Å². The van der Waals surface area contributed by atoms with E-state index in [0.29, 0.717) is 35.2 Å². The van der Waals surface area contributed by atoms with E-state index in [1.54, 1.807) is 35.0 Å². The third-order valence-electron chi connectivity index (χ3n) is 6.09. The second-order valence-corrected chi connectivity index (χ2v) is 8.72. The lowest BCUT2D eigenvalue weighted by molar-refractivity contribution is -0.0502. The number of hydrogen-bond donors (Lipinski definition) is 2. The highest BCUT2D eigenvalue weighted by atomic mass is 19.3. The molecule has 2 aliphatic carbocycles. The summed E-state index contributed by atoms with van der Waals surface area (Å²) in [5.74, 6) is 0.551. The molecule has 5 rings (SSSR count). The number of nitrogens with one attached hydrogen (secondary N) is 1. The van der Waals surface area contributed by atoms with Crippen molar-refractivity contribution in [1.29, 1.82) is 0 Å². The molecule has 3 aromatic rings.